The number of nitrogens with zero attached hydrogens (tertiary/aromatic N) is 1. The van der Waals surface area contributed by atoms with Crippen LogP contribution in [0.1, 0.15) is 24.9 Å². The summed E-state index contributed by atoms with van der Waals surface area (Å²) in [5.74, 6) is 3.60. The van der Waals surface area contributed by atoms with Gasteiger partial charge in [-0.25, -0.2) is 4.98 Å². The lowest BCUT2D eigenvalue weighted by Gasteiger charge is -2.07. The molecule has 2 aromatic heterocycles. The maximum absolute atomic E-state index is 5.49. The second-order valence-corrected chi connectivity index (χ2v) is 4.20. The molecule has 2 N–H and O–H groups in total. The smallest absolute Gasteiger partial charge is 0.128 e. The van der Waals surface area contributed by atoms with Crippen molar-refractivity contribution in [2.75, 3.05) is 17.2 Å². The lowest BCUT2D eigenvalue weighted by Crippen LogP contribution is -2.05. The van der Waals surface area contributed by atoms with Gasteiger partial charge in [-0.1, -0.05) is 13.0 Å². The third-order valence-electron chi connectivity index (χ3n) is 2.54. The van der Waals surface area contributed by atoms with E-state index in [4.69, 9.17) is 4.42 Å². The Labute approximate surface area is 107 Å². The molecule has 0 spiro atoms. The van der Waals surface area contributed by atoms with E-state index in [1.807, 2.05) is 37.3 Å². The first kappa shape index (κ1) is 12.5. The first-order valence-corrected chi connectivity index (χ1v) is 6.28. The highest BCUT2D eigenvalue weighted by Gasteiger charge is 2.00. The molecule has 96 valence electrons. The molecule has 0 aromatic carbocycles. The first-order chi connectivity index (χ1) is 8.78. The molecule has 18 heavy (non-hydrogen) atoms. The summed E-state index contributed by atoms with van der Waals surface area (Å²) in [4.78, 5) is 4.47. The summed E-state index contributed by atoms with van der Waals surface area (Å²) >= 11 is 0. The van der Waals surface area contributed by atoms with Gasteiger partial charge >= 0.3 is 0 Å². The van der Waals surface area contributed by atoms with Crippen LogP contribution in [0.4, 0.5) is 11.6 Å². The first-order valence-electron chi connectivity index (χ1n) is 6.28. The number of aromatic nitrogens is 1. The average molecular weight is 245 g/mol. The Kier molecular flexibility index (Phi) is 4.23. The van der Waals surface area contributed by atoms with Crippen molar-refractivity contribution < 1.29 is 4.42 Å². The lowest BCUT2D eigenvalue weighted by molar-refractivity contribution is 0.490. The number of anilines is 2. The molecule has 2 heterocycles. The Morgan fingerprint density at radius 3 is 2.56 bits per heavy atom. The maximum atomic E-state index is 5.49. The number of aryl methyl sites for hydroxylation is 1. The average Bonchev–Trinajstić information content (AvgIpc) is 2.80. The van der Waals surface area contributed by atoms with Crippen LogP contribution in [0.15, 0.2) is 34.7 Å². The molecular weight excluding hydrogens is 226 g/mol. The van der Waals surface area contributed by atoms with Crippen LogP contribution >= 0.6 is 0 Å². The van der Waals surface area contributed by atoms with Crippen molar-refractivity contribution in [1.82, 2.24) is 4.98 Å². The topological polar surface area (TPSA) is 50.1 Å². The van der Waals surface area contributed by atoms with Crippen molar-refractivity contribution in [1.29, 1.82) is 0 Å². The number of furan rings is 1. The van der Waals surface area contributed by atoms with Crippen molar-refractivity contribution in [3.63, 3.8) is 0 Å². The minimum Gasteiger partial charge on any atom is -0.465 e. The molecule has 0 fully saturated rings. The highest BCUT2D eigenvalue weighted by atomic mass is 16.3. The zero-order valence-electron chi connectivity index (χ0n) is 10.9. The number of rotatable bonds is 6. The Morgan fingerprint density at radius 1 is 1.11 bits per heavy atom. The zero-order valence-corrected chi connectivity index (χ0v) is 10.9. The summed E-state index contributed by atoms with van der Waals surface area (Å²) in [5, 5.41) is 6.51. The molecule has 0 unspecified atom stereocenters. The van der Waals surface area contributed by atoms with E-state index >= 15 is 0 Å². The summed E-state index contributed by atoms with van der Waals surface area (Å²) in [7, 11) is 0. The monoisotopic (exact) mass is 245 g/mol. The fourth-order valence-electron chi connectivity index (χ4n) is 1.64. The highest BCUT2D eigenvalue weighted by molar-refractivity contribution is 5.45. The van der Waals surface area contributed by atoms with Crippen molar-refractivity contribution in [2.45, 2.75) is 26.8 Å². The standard InChI is InChI=1S/C14H19N3O/c1-3-9-15-13-5-4-6-14(17-13)16-10-12-8-7-11(2)18-12/h4-8H,3,9-10H2,1-2H3,(H2,15,16,17). The second kappa shape index (κ2) is 6.10. The summed E-state index contributed by atoms with van der Waals surface area (Å²) in [6.45, 7) is 5.66. The third kappa shape index (κ3) is 3.52. The quantitative estimate of drug-likeness (QED) is 0.818. The lowest BCUT2D eigenvalue weighted by atomic mass is 10.4. The minimum atomic E-state index is 0.651. The Balaban J connectivity index is 1.92. The molecule has 0 amide bonds. The van der Waals surface area contributed by atoms with E-state index in [1.54, 1.807) is 0 Å². The van der Waals surface area contributed by atoms with E-state index in [0.717, 1.165) is 36.1 Å². The second-order valence-electron chi connectivity index (χ2n) is 4.20. The molecular formula is C14H19N3O. The van der Waals surface area contributed by atoms with Gasteiger partial charge in [0.1, 0.15) is 23.2 Å². The van der Waals surface area contributed by atoms with Gasteiger partial charge in [-0.2, -0.15) is 0 Å². The molecule has 2 aromatic rings. The van der Waals surface area contributed by atoms with Crippen molar-refractivity contribution in [3.8, 4) is 0 Å². The van der Waals surface area contributed by atoms with E-state index in [1.165, 1.54) is 0 Å². The van der Waals surface area contributed by atoms with E-state index in [9.17, 15) is 0 Å². The van der Waals surface area contributed by atoms with E-state index < -0.39 is 0 Å². The van der Waals surface area contributed by atoms with Gasteiger partial charge in [-0.3, -0.25) is 0 Å². The van der Waals surface area contributed by atoms with Crippen molar-refractivity contribution >= 4 is 11.6 Å². The summed E-state index contributed by atoms with van der Waals surface area (Å²) in [5.41, 5.74) is 0. The molecule has 0 atom stereocenters. The summed E-state index contributed by atoms with van der Waals surface area (Å²) < 4.78 is 5.49. The zero-order chi connectivity index (χ0) is 12.8. The van der Waals surface area contributed by atoms with Gasteiger partial charge in [0.05, 0.1) is 6.54 Å². The van der Waals surface area contributed by atoms with Gasteiger partial charge in [0.25, 0.3) is 0 Å². The van der Waals surface area contributed by atoms with E-state index in [0.29, 0.717) is 6.54 Å². The largest absolute Gasteiger partial charge is 0.465 e. The maximum Gasteiger partial charge on any atom is 0.128 e. The van der Waals surface area contributed by atoms with Gasteiger partial charge in [-0.05, 0) is 37.6 Å². The third-order valence-corrected chi connectivity index (χ3v) is 2.54. The van der Waals surface area contributed by atoms with Gasteiger partial charge < -0.3 is 15.1 Å². The minimum absolute atomic E-state index is 0.651. The SMILES string of the molecule is CCCNc1cccc(NCc2ccc(C)o2)n1. The van der Waals surface area contributed by atoms with Gasteiger partial charge in [0, 0.05) is 6.54 Å². The van der Waals surface area contributed by atoms with Crippen molar-refractivity contribution in [3.05, 3.63) is 41.9 Å². The van der Waals surface area contributed by atoms with Crippen LogP contribution in [-0.2, 0) is 6.54 Å². The van der Waals surface area contributed by atoms with Crippen LogP contribution in [0, 0.1) is 6.92 Å². The molecule has 0 aliphatic rings. The fraction of sp³-hybridized carbons (Fsp3) is 0.357. The molecule has 0 radical (unpaired) electrons. The highest BCUT2D eigenvalue weighted by Crippen LogP contribution is 2.12. The molecule has 4 heteroatoms. The molecule has 0 saturated carbocycles. The van der Waals surface area contributed by atoms with E-state index in [-0.39, 0.29) is 0 Å². The molecule has 2 rings (SSSR count). The Morgan fingerprint density at radius 2 is 1.89 bits per heavy atom. The number of pyridine rings is 1. The summed E-state index contributed by atoms with van der Waals surface area (Å²) in [6.07, 6.45) is 1.09. The number of nitrogens with one attached hydrogen (secondary N) is 2. The van der Waals surface area contributed by atoms with Gasteiger partial charge in [0.2, 0.25) is 0 Å². The van der Waals surface area contributed by atoms with Crippen molar-refractivity contribution in [2.24, 2.45) is 0 Å². The normalized spacial score (nSPS) is 10.3. The van der Waals surface area contributed by atoms with Gasteiger partial charge in [-0.15, -0.1) is 0 Å². The van der Waals surface area contributed by atoms with Crippen LogP contribution in [0.25, 0.3) is 0 Å². The molecule has 0 aliphatic carbocycles. The van der Waals surface area contributed by atoms with Gasteiger partial charge in [0.15, 0.2) is 0 Å². The molecule has 4 nitrogen and oxygen atoms in total. The Bertz CT molecular complexity index is 493. The van der Waals surface area contributed by atoms with Crippen LogP contribution in [0.2, 0.25) is 0 Å². The van der Waals surface area contributed by atoms with E-state index in [2.05, 4.69) is 22.5 Å². The van der Waals surface area contributed by atoms with Crippen LogP contribution < -0.4 is 10.6 Å². The molecule has 0 aliphatic heterocycles. The number of hydrogen-bond donors (Lipinski definition) is 2. The van der Waals surface area contributed by atoms with Crippen LogP contribution in [-0.4, -0.2) is 11.5 Å². The predicted octanol–water partition coefficient (Wildman–Crippen LogP) is 3.42. The number of hydrogen-bond acceptors (Lipinski definition) is 4. The van der Waals surface area contributed by atoms with Crippen LogP contribution in [0.3, 0.4) is 0 Å². The van der Waals surface area contributed by atoms with Crippen LogP contribution in [0.5, 0.6) is 0 Å². The fourth-order valence-corrected chi connectivity index (χ4v) is 1.64. The Hall–Kier alpha value is -1.97. The summed E-state index contributed by atoms with van der Waals surface area (Å²) in [6, 6.07) is 9.84. The molecule has 0 bridgehead atoms. The predicted molar refractivity (Wildman–Crippen MR) is 73.8 cm³/mol. The molecule has 0 saturated heterocycles.